The van der Waals surface area contributed by atoms with Crippen molar-refractivity contribution in [3.63, 3.8) is 0 Å². The Morgan fingerprint density at radius 3 is 3.04 bits per heavy atom. The summed E-state index contributed by atoms with van der Waals surface area (Å²) in [5, 5.41) is 12.2. The first-order valence-corrected chi connectivity index (χ1v) is 8.93. The lowest BCUT2D eigenvalue weighted by Crippen LogP contribution is -2.45. The van der Waals surface area contributed by atoms with Crippen LogP contribution >= 0.6 is 11.8 Å². The van der Waals surface area contributed by atoms with E-state index in [-0.39, 0.29) is 11.8 Å². The molecule has 0 unspecified atom stereocenters. The molecule has 122 valence electrons. The zero-order valence-electron chi connectivity index (χ0n) is 13.4. The van der Waals surface area contributed by atoms with Crippen molar-refractivity contribution in [1.82, 2.24) is 10.2 Å². The quantitative estimate of drug-likeness (QED) is 0.864. The van der Waals surface area contributed by atoms with Crippen molar-refractivity contribution < 1.29 is 9.59 Å². The molecule has 0 spiro atoms. The van der Waals surface area contributed by atoms with E-state index in [4.69, 9.17) is 5.26 Å². The average Bonchev–Trinajstić information content (AvgIpc) is 2.93. The Bertz CT molecular complexity index is 627. The second-order valence-electron chi connectivity index (χ2n) is 5.68. The second-order valence-corrected chi connectivity index (χ2v) is 6.96. The van der Waals surface area contributed by atoms with Gasteiger partial charge in [0, 0.05) is 24.8 Å². The lowest BCUT2D eigenvalue weighted by Gasteiger charge is -2.24. The van der Waals surface area contributed by atoms with Gasteiger partial charge in [0.25, 0.3) is 0 Å². The molecule has 23 heavy (non-hydrogen) atoms. The summed E-state index contributed by atoms with van der Waals surface area (Å²) in [6, 6.07) is 8.83. The van der Waals surface area contributed by atoms with E-state index in [0.717, 1.165) is 5.56 Å². The molecule has 1 aromatic rings. The van der Waals surface area contributed by atoms with Gasteiger partial charge in [0.2, 0.25) is 11.8 Å². The normalized spacial score (nSPS) is 18.6. The van der Waals surface area contributed by atoms with E-state index in [2.05, 4.69) is 18.3 Å². The fourth-order valence-corrected chi connectivity index (χ4v) is 2.84. The third-order valence-corrected chi connectivity index (χ3v) is 4.98. The number of nitrogens with one attached hydrogen (secondary N) is 1. The highest BCUT2D eigenvalue weighted by atomic mass is 32.2. The molecule has 1 aliphatic rings. The van der Waals surface area contributed by atoms with Gasteiger partial charge in [-0.3, -0.25) is 9.59 Å². The molecule has 0 bridgehead atoms. The fraction of sp³-hybridized carbons (Fsp3) is 0.471. The molecule has 5 nitrogen and oxygen atoms in total. The van der Waals surface area contributed by atoms with Gasteiger partial charge in [-0.1, -0.05) is 19.1 Å². The van der Waals surface area contributed by atoms with E-state index in [0.29, 0.717) is 36.7 Å². The molecule has 2 atom stereocenters. The third-order valence-electron chi connectivity index (χ3n) is 4.01. The third kappa shape index (κ3) is 4.49. The number of likely N-dealkylation sites (tertiary alicyclic amines) is 1. The topological polar surface area (TPSA) is 73.2 Å². The summed E-state index contributed by atoms with van der Waals surface area (Å²) in [6.07, 6.45) is 2.95. The highest BCUT2D eigenvalue weighted by Crippen LogP contribution is 2.22. The summed E-state index contributed by atoms with van der Waals surface area (Å²) < 4.78 is 0. The highest BCUT2D eigenvalue weighted by Gasteiger charge is 2.35. The molecule has 1 saturated heterocycles. The maximum absolute atomic E-state index is 12.4. The molecule has 1 N–H and O–H groups in total. The van der Waals surface area contributed by atoms with Crippen molar-refractivity contribution in [3.05, 3.63) is 35.4 Å². The summed E-state index contributed by atoms with van der Waals surface area (Å²) in [4.78, 5) is 26.1. The number of carbonyl (C=O) groups excluding carboxylic acids is 2. The molecular formula is C17H21N3O2S. The predicted molar refractivity (Wildman–Crippen MR) is 90.7 cm³/mol. The highest BCUT2D eigenvalue weighted by molar-refractivity contribution is 7.99. The molecule has 0 saturated carbocycles. The molecule has 2 amide bonds. The zero-order chi connectivity index (χ0) is 16.8. The molecule has 0 aliphatic carbocycles. The van der Waals surface area contributed by atoms with Crippen LogP contribution in [0.4, 0.5) is 0 Å². The van der Waals surface area contributed by atoms with Gasteiger partial charge in [-0.15, -0.1) is 0 Å². The Morgan fingerprint density at radius 2 is 2.35 bits per heavy atom. The summed E-state index contributed by atoms with van der Waals surface area (Å²) in [5.41, 5.74) is 1.43. The number of nitriles is 1. The maximum Gasteiger partial charge on any atom is 0.242 e. The van der Waals surface area contributed by atoms with Gasteiger partial charge in [-0.25, -0.2) is 0 Å². The van der Waals surface area contributed by atoms with Crippen LogP contribution in [0.3, 0.4) is 0 Å². The van der Waals surface area contributed by atoms with Crippen LogP contribution in [0.2, 0.25) is 0 Å². The van der Waals surface area contributed by atoms with E-state index in [1.165, 1.54) is 0 Å². The molecule has 1 fully saturated rings. The second kappa shape index (κ2) is 8.02. The van der Waals surface area contributed by atoms with E-state index in [1.54, 1.807) is 34.9 Å². The van der Waals surface area contributed by atoms with Gasteiger partial charge in [-0.05, 0) is 30.4 Å². The summed E-state index contributed by atoms with van der Waals surface area (Å²) in [7, 11) is 0. The van der Waals surface area contributed by atoms with Gasteiger partial charge >= 0.3 is 0 Å². The average molecular weight is 331 g/mol. The lowest BCUT2D eigenvalue weighted by molar-refractivity contribution is -0.135. The maximum atomic E-state index is 12.4. The van der Waals surface area contributed by atoms with Crippen molar-refractivity contribution >= 4 is 23.6 Å². The van der Waals surface area contributed by atoms with Gasteiger partial charge in [0.15, 0.2) is 0 Å². The Hall–Kier alpha value is -2.00. The van der Waals surface area contributed by atoms with Crippen LogP contribution in [0.5, 0.6) is 0 Å². The molecule has 0 aromatic heterocycles. The minimum Gasteiger partial charge on any atom is -0.353 e. The van der Waals surface area contributed by atoms with Crippen LogP contribution < -0.4 is 5.32 Å². The monoisotopic (exact) mass is 331 g/mol. The first-order chi connectivity index (χ1) is 11.0. The fourth-order valence-electron chi connectivity index (χ4n) is 2.59. The first kappa shape index (κ1) is 17.4. The van der Waals surface area contributed by atoms with Gasteiger partial charge < -0.3 is 10.2 Å². The lowest BCUT2D eigenvalue weighted by atomic mass is 10.1. The minimum absolute atomic E-state index is 0.00887. The number of amides is 2. The van der Waals surface area contributed by atoms with Crippen molar-refractivity contribution in [2.45, 2.75) is 37.6 Å². The van der Waals surface area contributed by atoms with Crippen LogP contribution in [0.15, 0.2) is 24.3 Å². The molecule has 2 rings (SSSR count). The number of carbonyl (C=O) groups is 2. The number of rotatable bonds is 6. The number of hydrogen-bond donors (Lipinski definition) is 1. The molecule has 0 radical (unpaired) electrons. The first-order valence-electron chi connectivity index (χ1n) is 7.64. The predicted octanol–water partition coefficient (Wildman–Crippen LogP) is 1.92. The minimum atomic E-state index is -0.415. The Balaban J connectivity index is 2.04. The van der Waals surface area contributed by atoms with Crippen LogP contribution in [0.1, 0.15) is 30.9 Å². The van der Waals surface area contributed by atoms with Crippen LogP contribution in [0, 0.1) is 11.3 Å². The number of nitrogens with zero attached hydrogens (tertiary/aromatic N) is 2. The molecular weight excluding hydrogens is 310 g/mol. The van der Waals surface area contributed by atoms with Gasteiger partial charge in [0.1, 0.15) is 6.04 Å². The number of benzene rings is 1. The van der Waals surface area contributed by atoms with E-state index < -0.39 is 6.04 Å². The van der Waals surface area contributed by atoms with Gasteiger partial charge in [-0.2, -0.15) is 17.0 Å². The van der Waals surface area contributed by atoms with Gasteiger partial charge in [0.05, 0.1) is 11.6 Å². The Labute approximate surface area is 141 Å². The van der Waals surface area contributed by atoms with E-state index in [9.17, 15) is 9.59 Å². The Morgan fingerprint density at radius 1 is 1.57 bits per heavy atom. The molecule has 6 heteroatoms. The zero-order valence-corrected chi connectivity index (χ0v) is 14.2. The standard InChI is InChI=1S/C17H21N3O2S/c1-12(23-2)10-19-17(22)15-6-7-16(21)20(15)11-14-5-3-4-13(8-14)9-18/h3-5,8,12,15H,6-7,10-11H2,1-2H3,(H,19,22)/t12-,15-/m0/s1. The summed E-state index contributed by atoms with van der Waals surface area (Å²) in [5.74, 6) is -0.0985. The Kier molecular flexibility index (Phi) is 6.05. The largest absolute Gasteiger partial charge is 0.353 e. The van der Waals surface area contributed by atoms with Crippen LogP contribution in [-0.4, -0.2) is 40.8 Å². The van der Waals surface area contributed by atoms with Crippen molar-refractivity contribution in [3.8, 4) is 6.07 Å². The SMILES string of the molecule is CS[C@@H](C)CNC(=O)[C@@H]1CCC(=O)N1Cc1cccc(C#N)c1. The van der Waals surface area contributed by atoms with Crippen LogP contribution in [-0.2, 0) is 16.1 Å². The molecule has 1 aromatic carbocycles. The van der Waals surface area contributed by atoms with Crippen molar-refractivity contribution in [2.24, 2.45) is 0 Å². The van der Waals surface area contributed by atoms with Crippen molar-refractivity contribution in [1.29, 1.82) is 5.26 Å². The summed E-state index contributed by atoms with van der Waals surface area (Å²) in [6.45, 7) is 3.02. The summed E-state index contributed by atoms with van der Waals surface area (Å²) >= 11 is 1.69. The van der Waals surface area contributed by atoms with Crippen LogP contribution in [0.25, 0.3) is 0 Å². The van der Waals surface area contributed by atoms with Crippen molar-refractivity contribution in [2.75, 3.05) is 12.8 Å². The number of hydrogen-bond acceptors (Lipinski definition) is 4. The molecule has 1 heterocycles. The van der Waals surface area contributed by atoms with E-state index in [1.807, 2.05) is 12.3 Å². The smallest absolute Gasteiger partial charge is 0.242 e. The molecule has 1 aliphatic heterocycles. The van der Waals surface area contributed by atoms with E-state index >= 15 is 0 Å². The number of thioether (sulfide) groups is 1.